The molecule has 212 valence electrons. The predicted molar refractivity (Wildman–Crippen MR) is 154 cm³/mol. The summed E-state index contributed by atoms with van der Waals surface area (Å²) in [5, 5.41) is 9.68. The van der Waals surface area contributed by atoms with Gasteiger partial charge in [0.25, 0.3) is 0 Å². The van der Waals surface area contributed by atoms with Crippen LogP contribution in [0.2, 0.25) is 5.02 Å². The molecule has 40 heavy (non-hydrogen) atoms. The zero-order valence-electron chi connectivity index (χ0n) is 22.4. The quantitative estimate of drug-likeness (QED) is 0.361. The van der Waals surface area contributed by atoms with Crippen molar-refractivity contribution in [1.82, 2.24) is 14.9 Å². The maximum Gasteiger partial charge on any atom is 0.322 e. The number of hydrogen-bond acceptors (Lipinski definition) is 10. The number of benzene rings is 2. The predicted octanol–water partition coefficient (Wildman–Crippen LogP) is 4.34. The SMILES string of the molecule is COc1cc(NC(=O)N2CCOCC2)ccc1Nc1ncc(Cl)c(Nc2ccc(N3CCOCC3)c(OC)c2)n1. The van der Waals surface area contributed by atoms with Gasteiger partial charge in [-0.05, 0) is 24.3 Å². The van der Waals surface area contributed by atoms with Gasteiger partial charge in [-0.3, -0.25) is 0 Å². The van der Waals surface area contributed by atoms with Crippen LogP contribution in [-0.4, -0.2) is 87.7 Å². The molecule has 1 aromatic heterocycles. The van der Waals surface area contributed by atoms with E-state index in [1.165, 1.54) is 6.20 Å². The van der Waals surface area contributed by atoms with Crippen LogP contribution in [0.4, 0.5) is 39.3 Å². The fraction of sp³-hybridized carbons (Fsp3) is 0.370. The third-order valence-electron chi connectivity index (χ3n) is 6.54. The Hall–Kier alpha value is -4.00. The number of aromatic nitrogens is 2. The van der Waals surface area contributed by atoms with Crippen LogP contribution in [0.25, 0.3) is 0 Å². The van der Waals surface area contributed by atoms with Crippen molar-refractivity contribution < 1.29 is 23.7 Å². The molecule has 0 spiro atoms. The van der Waals surface area contributed by atoms with E-state index in [0.29, 0.717) is 73.4 Å². The molecule has 2 saturated heterocycles. The van der Waals surface area contributed by atoms with Crippen molar-refractivity contribution in [2.75, 3.05) is 87.7 Å². The first-order chi connectivity index (χ1) is 19.5. The summed E-state index contributed by atoms with van der Waals surface area (Å²) in [6.07, 6.45) is 1.52. The van der Waals surface area contributed by atoms with Crippen LogP contribution in [0, 0.1) is 0 Å². The van der Waals surface area contributed by atoms with Gasteiger partial charge in [-0.25, -0.2) is 9.78 Å². The average molecular weight is 570 g/mol. The molecule has 12 nitrogen and oxygen atoms in total. The number of amides is 2. The van der Waals surface area contributed by atoms with Crippen molar-refractivity contribution in [2.45, 2.75) is 0 Å². The van der Waals surface area contributed by atoms with E-state index in [1.54, 1.807) is 37.3 Å². The second kappa shape index (κ2) is 12.9. The average Bonchev–Trinajstić information content (AvgIpc) is 3.00. The molecule has 3 N–H and O–H groups in total. The first-order valence-electron chi connectivity index (χ1n) is 12.9. The van der Waals surface area contributed by atoms with Crippen LogP contribution in [0.1, 0.15) is 0 Å². The van der Waals surface area contributed by atoms with Crippen molar-refractivity contribution in [3.05, 3.63) is 47.6 Å². The fourth-order valence-corrected chi connectivity index (χ4v) is 4.57. The van der Waals surface area contributed by atoms with E-state index in [4.69, 9.17) is 30.5 Å². The van der Waals surface area contributed by atoms with Crippen LogP contribution in [0.5, 0.6) is 11.5 Å². The number of carbonyl (C=O) groups is 1. The Labute approximate surface area is 237 Å². The number of ether oxygens (including phenoxy) is 4. The topological polar surface area (TPSA) is 122 Å². The Morgan fingerprint density at radius 2 is 1.57 bits per heavy atom. The molecule has 0 bridgehead atoms. The van der Waals surface area contributed by atoms with E-state index in [2.05, 4.69) is 30.8 Å². The molecule has 0 atom stereocenters. The molecular formula is C27H32ClN7O5. The monoisotopic (exact) mass is 569 g/mol. The van der Waals surface area contributed by atoms with Gasteiger partial charge in [0.1, 0.15) is 16.5 Å². The normalized spacial score (nSPS) is 15.4. The Kier molecular flexibility index (Phi) is 8.89. The smallest absolute Gasteiger partial charge is 0.322 e. The Bertz CT molecular complexity index is 1330. The van der Waals surface area contributed by atoms with Gasteiger partial charge in [0, 0.05) is 49.7 Å². The summed E-state index contributed by atoms with van der Waals surface area (Å²) < 4.78 is 22.0. The van der Waals surface area contributed by atoms with E-state index < -0.39 is 0 Å². The Morgan fingerprint density at radius 1 is 0.900 bits per heavy atom. The summed E-state index contributed by atoms with van der Waals surface area (Å²) in [6, 6.07) is 11.0. The van der Waals surface area contributed by atoms with Crippen molar-refractivity contribution in [1.29, 1.82) is 0 Å². The summed E-state index contributed by atoms with van der Waals surface area (Å²) >= 11 is 6.42. The molecule has 13 heteroatoms. The number of methoxy groups -OCH3 is 2. The minimum atomic E-state index is -0.183. The second-order valence-electron chi connectivity index (χ2n) is 9.07. The highest BCUT2D eigenvalue weighted by molar-refractivity contribution is 6.32. The number of hydrogen-bond donors (Lipinski definition) is 3. The molecule has 2 aliphatic heterocycles. The second-order valence-corrected chi connectivity index (χ2v) is 9.48. The number of carbonyl (C=O) groups excluding carboxylic acids is 1. The maximum atomic E-state index is 12.6. The molecule has 0 aliphatic carbocycles. The zero-order chi connectivity index (χ0) is 27.9. The summed E-state index contributed by atoms with van der Waals surface area (Å²) in [7, 11) is 3.20. The van der Waals surface area contributed by atoms with Crippen LogP contribution >= 0.6 is 11.6 Å². The highest BCUT2D eigenvalue weighted by Gasteiger charge is 2.19. The summed E-state index contributed by atoms with van der Waals surface area (Å²) in [5.41, 5.74) is 2.99. The van der Waals surface area contributed by atoms with Crippen LogP contribution in [-0.2, 0) is 9.47 Å². The van der Waals surface area contributed by atoms with E-state index >= 15 is 0 Å². The van der Waals surface area contributed by atoms with Gasteiger partial charge in [0.2, 0.25) is 5.95 Å². The van der Waals surface area contributed by atoms with Gasteiger partial charge < -0.3 is 44.7 Å². The number of rotatable bonds is 8. The number of urea groups is 1. The van der Waals surface area contributed by atoms with Gasteiger partial charge in [-0.2, -0.15) is 4.98 Å². The molecule has 3 aromatic rings. The molecule has 2 amide bonds. The van der Waals surface area contributed by atoms with Gasteiger partial charge >= 0.3 is 6.03 Å². The maximum absolute atomic E-state index is 12.6. The van der Waals surface area contributed by atoms with Gasteiger partial charge in [-0.1, -0.05) is 11.6 Å². The van der Waals surface area contributed by atoms with Crippen molar-refractivity contribution in [3.8, 4) is 11.5 Å². The molecule has 3 heterocycles. The number of halogens is 1. The summed E-state index contributed by atoms with van der Waals surface area (Å²) in [4.78, 5) is 25.4. The fourth-order valence-electron chi connectivity index (χ4n) is 4.43. The van der Waals surface area contributed by atoms with E-state index in [1.807, 2.05) is 18.2 Å². The van der Waals surface area contributed by atoms with Gasteiger partial charge in [0.15, 0.2) is 5.82 Å². The lowest BCUT2D eigenvalue weighted by Gasteiger charge is -2.30. The molecule has 2 aromatic carbocycles. The third-order valence-corrected chi connectivity index (χ3v) is 6.81. The highest BCUT2D eigenvalue weighted by atomic mass is 35.5. The van der Waals surface area contributed by atoms with Crippen molar-refractivity contribution in [2.24, 2.45) is 0 Å². The van der Waals surface area contributed by atoms with E-state index in [9.17, 15) is 4.79 Å². The Balaban J connectivity index is 1.29. The molecule has 2 aliphatic rings. The molecular weight excluding hydrogens is 538 g/mol. The first-order valence-corrected chi connectivity index (χ1v) is 13.3. The minimum Gasteiger partial charge on any atom is -0.495 e. The zero-order valence-corrected chi connectivity index (χ0v) is 23.2. The van der Waals surface area contributed by atoms with E-state index in [0.717, 1.165) is 30.2 Å². The van der Waals surface area contributed by atoms with Gasteiger partial charge in [0.05, 0.1) is 58.2 Å². The Morgan fingerprint density at radius 3 is 2.30 bits per heavy atom. The molecule has 2 fully saturated rings. The summed E-state index contributed by atoms with van der Waals surface area (Å²) in [6.45, 7) is 5.16. The van der Waals surface area contributed by atoms with Crippen molar-refractivity contribution in [3.63, 3.8) is 0 Å². The lowest BCUT2D eigenvalue weighted by atomic mass is 10.2. The minimum absolute atomic E-state index is 0.183. The highest BCUT2D eigenvalue weighted by Crippen LogP contribution is 2.35. The first kappa shape index (κ1) is 27.6. The van der Waals surface area contributed by atoms with E-state index in [-0.39, 0.29) is 6.03 Å². The number of morpholine rings is 2. The largest absolute Gasteiger partial charge is 0.495 e. The van der Waals surface area contributed by atoms with Crippen LogP contribution in [0.3, 0.4) is 0 Å². The molecule has 5 rings (SSSR count). The van der Waals surface area contributed by atoms with Gasteiger partial charge in [-0.15, -0.1) is 0 Å². The lowest BCUT2D eigenvalue weighted by Crippen LogP contribution is -2.43. The van der Waals surface area contributed by atoms with Crippen molar-refractivity contribution >= 4 is 52.1 Å². The molecule has 0 saturated carbocycles. The number of nitrogens with zero attached hydrogens (tertiary/aromatic N) is 4. The lowest BCUT2D eigenvalue weighted by molar-refractivity contribution is 0.0564. The number of nitrogens with one attached hydrogen (secondary N) is 3. The molecule has 0 radical (unpaired) electrons. The standard InChI is InChI=1S/C27H32ClN7O5/c1-37-23-15-19(31-27(36)35-9-13-40-14-10-35)3-5-21(23)32-26-29-17-20(28)25(33-26)30-18-4-6-22(24(16-18)38-2)34-7-11-39-12-8-34/h3-6,15-17H,7-14H2,1-2H3,(H,31,36)(H2,29,30,32,33). The molecule has 0 unspecified atom stereocenters. The third kappa shape index (κ3) is 6.58. The van der Waals surface area contributed by atoms with Crippen LogP contribution in [0.15, 0.2) is 42.6 Å². The number of anilines is 6. The van der Waals surface area contributed by atoms with Crippen LogP contribution < -0.4 is 30.3 Å². The summed E-state index contributed by atoms with van der Waals surface area (Å²) in [5.74, 6) is 1.98.